The molecule has 0 atom stereocenters. The van der Waals surface area contributed by atoms with Crippen molar-refractivity contribution in [2.24, 2.45) is 0 Å². The average Bonchev–Trinajstić information content (AvgIpc) is 2.76. The van der Waals surface area contributed by atoms with Gasteiger partial charge in [-0.2, -0.15) is 0 Å². The minimum atomic E-state index is 1.13. The molecule has 2 aromatic carbocycles. The van der Waals surface area contributed by atoms with Gasteiger partial charge in [-0.3, -0.25) is 0 Å². The van der Waals surface area contributed by atoms with Crippen molar-refractivity contribution in [2.75, 3.05) is 11.4 Å². The van der Waals surface area contributed by atoms with Gasteiger partial charge in [0.1, 0.15) is 0 Å². The lowest BCUT2D eigenvalue weighted by Gasteiger charge is -2.32. The van der Waals surface area contributed by atoms with Crippen LogP contribution in [0.15, 0.2) is 58.3 Å². The van der Waals surface area contributed by atoms with Crippen molar-refractivity contribution in [1.82, 2.24) is 0 Å². The molecule has 2 heteroatoms. The van der Waals surface area contributed by atoms with Gasteiger partial charge in [0.05, 0.1) is 11.4 Å². The van der Waals surface area contributed by atoms with Crippen LogP contribution in [0.5, 0.6) is 0 Å². The molecule has 0 N–H and O–H groups in total. The number of hydrogen-bond donors (Lipinski definition) is 0. The zero-order chi connectivity index (χ0) is 20.2. The second kappa shape index (κ2) is 13.0. The Kier molecular flexibility index (Phi) is 9.99. The summed E-state index contributed by atoms with van der Waals surface area (Å²) >= 11 is 1.91. The summed E-state index contributed by atoms with van der Waals surface area (Å²) in [4.78, 5) is 5.32. The monoisotopic (exact) mass is 409 g/mol. The number of hydrogen-bond acceptors (Lipinski definition) is 2. The van der Waals surface area contributed by atoms with Crippen LogP contribution in [0.1, 0.15) is 90.4 Å². The Balaban J connectivity index is 1.31. The highest BCUT2D eigenvalue weighted by Gasteiger charge is 2.21. The van der Waals surface area contributed by atoms with Gasteiger partial charge >= 0.3 is 0 Å². The molecule has 0 radical (unpaired) electrons. The molecule has 29 heavy (non-hydrogen) atoms. The highest BCUT2D eigenvalue weighted by atomic mass is 32.2. The largest absolute Gasteiger partial charge is 0.340 e. The number of rotatable bonds is 14. The van der Waals surface area contributed by atoms with Crippen LogP contribution in [0.4, 0.5) is 11.4 Å². The van der Waals surface area contributed by atoms with Crippen LogP contribution in [0, 0.1) is 0 Å². The first-order valence-corrected chi connectivity index (χ1v) is 12.8. The molecule has 1 aliphatic heterocycles. The molecule has 0 unspecified atom stereocenters. The molecule has 0 aromatic heterocycles. The van der Waals surface area contributed by atoms with E-state index in [9.17, 15) is 0 Å². The second-order valence-electron chi connectivity index (χ2n) is 8.43. The van der Waals surface area contributed by atoms with Crippen LogP contribution >= 0.6 is 11.8 Å². The molecular weight excluding hydrogens is 370 g/mol. The molecule has 1 aliphatic rings. The highest BCUT2D eigenvalue weighted by Crippen LogP contribution is 2.47. The first-order chi connectivity index (χ1) is 14.4. The Morgan fingerprint density at radius 2 is 0.966 bits per heavy atom. The number of unbranched alkanes of at least 4 members (excludes halogenated alkanes) is 12. The van der Waals surface area contributed by atoms with Crippen molar-refractivity contribution in [3.63, 3.8) is 0 Å². The maximum absolute atomic E-state index is 2.54. The molecule has 0 saturated carbocycles. The van der Waals surface area contributed by atoms with Crippen LogP contribution in [0.3, 0.4) is 0 Å². The van der Waals surface area contributed by atoms with Crippen molar-refractivity contribution in [2.45, 2.75) is 100 Å². The van der Waals surface area contributed by atoms with E-state index in [1.165, 1.54) is 105 Å². The van der Waals surface area contributed by atoms with E-state index in [1.807, 2.05) is 11.8 Å². The van der Waals surface area contributed by atoms with Gasteiger partial charge in [-0.1, -0.05) is 120 Å². The number of nitrogens with zero attached hydrogens (tertiary/aromatic N) is 1. The fraction of sp³-hybridized carbons (Fsp3) is 0.556. The summed E-state index contributed by atoms with van der Waals surface area (Å²) in [6.07, 6.45) is 18.4. The van der Waals surface area contributed by atoms with Crippen LogP contribution in [0.25, 0.3) is 0 Å². The normalized spacial score (nSPS) is 12.7. The molecule has 1 nitrogen and oxygen atoms in total. The molecule has 2 aromatic rings. The van der Waals surface area contributed by atoms with E-state index in [0.717, 1.165) is 6.54 Å². The lowest BCUT2D eigenvalue weighted by atomic mass is 10.0. The second-order valence-corrected chi connectivity index (χ2v) is 9.52. The van der Waals surface area contributed by atoms with Gasteiger partial charge in [-0.25, -0.2) is 0 Å². The molecule has 0 spiro atoms. The molecule has 0 aliphatic carbocycles. The van der Waals surface area contributed by atoms with Gasteiger partial charge in [0.25, 0.3) is 0 Å². The van der Waals surface area contributed by atoms with Gasteiger partial charge in [0.15, 0.2) is 0 Å². The molecule has 158 valence electrons. The fourth-order valence-electron chi connectivity index (χ4n) is 4.31. The van der Waals surface area contributed by atoms with E-state index < -0.39 is 0 Å². The maximum Gasteiger partial charge on any atom is 0.0552 e. The molecule has 0 fully saturated rings. The Bertz CT molecular complexity index is 666. The van der Waals surface area contributed by atoms with Crippen molar-refractivity contribution in [3.05, 3.63) is 48.5 Å². The third kappa shape index (κ3) is 7.10. The predicted octanol–water partition coefficient (Wildman–Crippen LogP) is 9.38. The Hall–Kier alpha value is -1.41. The summed E-state index contributed by atoms with van der Waals surface area (Å²) in [5, 5.41) is 0. The topological polar surface area (TPSA) is 3.24 Å². The van der Waals surface area contributed by atoms with Gasteiger partial charge in [0.2, 0.25) is 0 Å². The zero-order valence-corrected chi connectivity index (χ0v) is 19.2. The Morgan fingerprint density at radius 3 is 1.45 bits per heavy atom. The number of anilines is 2. The quantitative estimate of drug-likeness (QED) is 0.286. The minimum absolute atomic E-state index is 1.13. The van der Waals surface area contributed by atoms with E-state index >= 15 is 0 Å². The van der Waals surface area contributed by atoms with Gasteiger partial charge in [-0.15, -0.1) is 0 Å². The number of para-hydroxylation sites is 2. The summed E-state index contributed by atoms with van der Waals surface area (Å²) in [5.41, 5.74) is 2.77. The van der Waals surface area contributed by atoms with E-state index in [1.54, 1.807) is 0 Å². The van der Waals surface area contributed by atoms with Gasteiger partial charge in [-0.05, 0) is 30.7 Å². The van der Waals surface area contributed by atoms with Crippen LogP contribution < -0.4 is 4.90 Å². The third-order valence-electron chi connectivity index (χ3n) is 6.02. The summed E-state index contributed by atoms with van der Waals surface area (Å²) < 4.78 is 0. The SMILES string of the molecule is CCCCCCCCCCCCCCCN1c2ccccc2Sc2ccccc21. The fourth-order valence-corrected chi connectivity index (χ4v) is 5.41. The average molecular weight is 410 g/mol. The Labute approximate surface area is 183 Å². The van der Waals surface area contributed by atoms with E-state index in [4.69, 9.17) is 0 Å². The van der Waals surface area contributed by atoms with Crippen molar-refractivity contribution >= 4 is 23.1 Å². The summed E-state index contributed by atoms with van der Waals surface area (Å²) in [5.74, 6) is 0. The smallest absolute Gasteiger partial charge is 0.0552 e. The standard InChI is InChI=1S/C27H39NS/c1-2-3-4-5-6-7-8-9-10-11-12-13-18-23-28-24-19-14-16-21-26(24)29-27-22-17-15-20-25(27)28/h14-17,19-22H,2-13,18,23H2,1H3. The van der Waals surface area contributed by atoms with Crippen molar-refractivity contribution < 1.29 is 0 Å². The lowest BCUT2D eigenvalue weighted by Crippen LogP contribution is -2.21. The molecule has 0 bridgehead atoms. The van der Waals surface area contributed by atoms with Gasteiger partial charge < -0.3 is 4.90 Å². The first kappa shape index (κ1) is 22.3. The summed E-state index contributed by atoms with van der Waals surface area (Å²) in [7, 11) is 0. The molecule has 3 rings (SSSR count). The number of benzene rings is 2. The first-order valence-electron chi connectivity index (χ1n) is 12.0. The van der Waals surface area contributed by atoms with E-state index in [-0.39, 0.29) is 0 Å². The van der Waals surface area contributed by atoms with Crippen LogP contribution in [0.2, 0.25) is 0 Å². The summed E-state index contributed by atoms with van der Waals surface area (Å²) in [6.45, 7) is 3.43. The van der Waals surface area contributed by atoms with Crippen molar-refractivity contribution in [3.8, 4) is 0 Å². The Morgan fingerprint density at radius 1 is 0.552 bits per heavy atom. The maximum atomic E-state index is 2.54. The number of fused-ring (bicyclic) bond motifs is 2. The highest BCUT2D eigenvalue weighted by molar-refractivity contribution is 7.99. The van der Waals surface area contributed by atoms with Crippen LogP contribution in [-0.4, -0.2) is 6.54 Å². The minimum Gasteiger partial charge on any atom is -0.340 e. The molecule has 1 heterocycles. The van der Waals surface area contributed by atoms with Gasteiger partial charge in [0, 0.05) is 16.3 Å². The lowest BCUT2D eigenvalue weighted by molar-refractivity contribution is 0.540. The zero-order valence-electron chi connectivity index (χ0n) is 18.4. The molecular formula is C27H39NS. The predicted molar refractivity (Wildman–Crippen MR) is 130 cm³/mol. The van der Waals surface area contributed by atoms with Crippen LogP contribution in [-0.2, 0) is 0 Å². The molecule has 0 amide bonds. The van der Waals surface area contributed by atoms with Crippen molar-refractivity contribution in [1.29, 1.82) is 0 Å². The third-order valence-corrected chi connectivity index (χ3v) is 7.15. The summed E-state index contributed by atoms with van der Waals surface area (Å²) in [6, 6.07) is 17.7. The van der Waals surface area contributed by atoms with E-state index in [2.05, 4.69) is 60.4 Å². The van der Waals surface area contributed by atoms with E-state index in [0.29, 0.717) is 0 Å². The molecule has 0 saturated heterocycles.